The molecule has 2 unspecified atom stereocenters. The molecule has 0 aliphatic carbocycles. The van der Waals surface area contributed by atoms with E-state index < -0.39 is 154 Å². The van der Waals surface area contributed by atoms with E-state index in [2.05, 4.69) is 4.74 Å². The van der Waals surface area contributed by atoms with Crippen LogP contribution in [-0.4, -0.2) is 13.1 Å². The number of carbonyl (C=O) groups is 1. The van der Waals surface area contributed by atoms with Gasteiger partial charge in [-0.25, -0.2) is 0 Å². The maximum absolute atomic E-state index is 12.2. The first-order chi connectivity index (χ1) is 26.9. The molecule has 0 aliphatic heterocycles. The third kappa shape index (κ3) is 9.30. The zero-order valence-corrected chi connectivity index (χ0v) is 15.4. The van der Waals surface area contributed by atoms with E-state index in [0.717, 1.165) is 6.92 Å². The number of carbonyl (C=O) groups excluding carboxylic acids is 1. The summed E-state index contributed by atoms with van der Waals surface area (Å²) in [5.41, 5.74) is -4.54. The minimum Gasteiger partial charge on any atom is -0.469 e. The molecule has 0 N–H and O–H groups in total. The second-order valence-corrected chi connectivity index (χ2v) is 5.13. The van der Waals surface area contributed by atoms with Crippen molar-refractivity contribution in [1.29, 1.82) is 0 Å². The van der Waals surface area contributed by atoms with E-state index in [9.17, 15) is 4.79 Å². The van der Waals surface area contributed by atoms with Gasteiger partial charge in [0, 0.05) is 34.3 Å². The lowest BCUT2D eigenvalue weighted by Crippen LogP contribution is -2.10. The Hall–Kier alpha value is -2.09. The largest absolute Gasteiger partial charge is 0.469 e. The van der Waals surface area contributed by atoms with Crippen LogP contribution >= 0.6 is 0 Å². The van der Waals surface area contributed by atoms with Gasteiger partial charge in [0.1, 0.15) is 0 Å². The van der Waals surface area contributed by atoms with Crippen LogP contribution in [-0.2, 0) is 22.3 Å². The second-order valence-electron chi connectivity index (χ2n) is 5.13. The molecule has 0 aromatic heterocycles. The Kier molecular flexibility index (Phi) is 2.16. The number of benzene rings is 2. The molecule has 2 rings (SSSR count). The molecule has 0 spiro atoms. The molecule has 0 bridgehead atoms. The van der Waals surface area contributed by atoms with Gasteiger partial charge in [-0.3, -0.25) is 4.79 Å². The van der Waals surface area contributed by atoms with Gasteiger partial charge in [-0.1, -0.05) is 89.5 Å². The van der Waals surface area contributed by atoms with E-state index in [0.29, 0.717) is 7.11 Å². The summed E-state index contributed by atoms with van der Waals surface area (Å²) < 4.78 is 260. The zero-order chi connectivity index (χ0) is 50.3. The first-order valence-electron chi connectivity index (χ1n) is 24.2. The molecule has 0 fully saturated rings. The van der Waals surface area contributed by atoms with Crippen molar-refractivity contribution in [3.63, 3.8) is 0 Å². The van der Waals surface area contributed by atoms with Crippen molar-refractivity contribution in [1.82, 2.24) is 0 Å². The van der Waals surface area contributed by atoms with E-state index in [1.54, 1.807) is 0 Å². The van der Waals surface area contributed by atoms with Crippen molar-refractivity contribution in [2.24, 2.45) is 11.8 Å². The lowest BCUT2D eigenvalue weighted by molar-refractivity contribution is -0.141. The van der Waals surface area contributed by atoms with Crippen molar-refractivity contribution in [2.75, 3.05) is 7.11 Å². The van der Waals surface area contributed by atoms with Gasteiger partial charge in [0.2, 0.25) is 0 Å². The average molecular weight is 430 g/mol. The fourth-order valence-electron chi connectivity index (χ4n) is 1.56. The van der Waals surface area contributed by atoms with Crippen molar-refractivity contribution in [2.45, 2.75) is 72.6 Å². The second kappa shape index (κ2) is 12.5. The van der Waals surface area contributed by atoms with E-state index in [4.69, 9.17) is 45.2 Å². The standard InChI is InChI=1S/C14H20O2.C13H20/c1-10(2)9-12-5-7-13(8-6-12)11(3)14(15)16-4;1-10(2)9-12-5-7-13(8-6-12)11(3)4/h5-8,10-11H,9H2,1-4H3;5-8,10-11H,9H2,1-4H3/i1D3,2D3,3D3,5D,6D,7D,8D,9D2,10D,11D;1D3,2D3,3D3,5D,6D,7D,8D,9D2,10D. The third-order valence-electron chi connectivity index (χ3n) is 2.84. The van der Waals surface area contributed by atoms with E-state index in [-0.39, 0.29) is 0 Å². The summed E-state index contributed by atoms with van der Waals surface area (Å²) in [6.45, 7) is -20.3. The molecule has 0 saturated carbocycles. The highest BCUT2D eigenvalue weighted by atomic mass is 16.5. The van der Waals surface area contributed by atoms with Gasteiger partial charge in [0.25, 0.3) is 0 Å². The molecule has 2 nitrogen and oxygen atoms in total. The molecule has 2 aromatic carbocycles. The minimum atomic E-state index is -3.98. The molecule has 0 heterocycles. The summed E-state index contributed by atoms with van der Waals surface area (Å²) in [5.74, 6) is -14.6. The molecular weight excluding hydrogens is 356 g/mol. The number of hydrogen-bond acceptors (Lipinski definition) is 2. The molecule has 0 radical (unpaired) electrons. The van der Waals surface area contributed by atoms with Crippen LogP contribution in [0.3, 0.4) is 0 Å². The summed E-state index contributed by atoms with van der Waals surface area (Å²) >= 11 is 0. The zero-order valence-electron chi connectivity index (χ0n) is 48.4. The van der Waals surface area contributed by atoms with Gasteiger partial charge >= 0.3 is 5.97 Å². The van der Waals surface area contributed by atoms with Gasteiger partial charge in [0.15, 0.2) is 0 Å². The Morgan fingerprint density at radius 3 is 1.76 bits per heavy atom. The van der Waals surface area contributed by atoms with E-state index >= 15 is 0 Å². The highest BCUT2D eigenvalue weighted by Gasteiger charge is 2.15. The van der Waals surface area contributed by atoms with Crippen molar-refractivity contribution < 1.29 is 54.8 Å². The average Bonchev–Trinajstić information content (AvgIpc) is 3.05. The van der Waals surface area contributed by atoms with Crippen LogP contribution in [0.25, 0.3) is 0 Å². The number of rotatable bonds is 7. The number of ether oxygens (including phenoxy) is 1. The first kappa shape index (κ1) is 5.03. The predicted octanol–water partition coefficient (Wildman–Crippen LogP) is 7.17. The Morgan fingerprint density at radius 2 is 1.38 bits per heavy atom. The number of esters is 1. The molecule has 2 heteroatoms. The van der Waals surface area contributed by atoms with E-state index in [1.165, 1.54) is 0 Å². The van der Waals surface area contributed by atoms with Crippen molar-refractivity contribution in [3.05, 3.63) is 70.6 Å². The van der Waals surface area contributed by atoms with Crippen LogP contribution in [0.4, 0.5) is 0 Å². The number of methoxy groups -OCH3 is 1. The van der Waals surface area contributed by atoms with Crippen LogP contribution in [0.2, 0.25) is 0 Å². The minimum absolute atomic E-state index is 0.544. The quantitative estimate of drug-likeness (QED) is 0.436. The highest BCUT2D eigenvalue weighted by Crippen LogP contribution is 2.18. The van der Waals surface area contributed by atoms with Crippen molar-refractivity contribution in [3.8, 4) is 0 Å². The number of hydrogen-bond donors (Lipinski definition) is 0. The molecule has 0 aliphatic rings. The van der Waals surface area contributed by atoms with Crippen molar-refractivity contribution >= 4 is 5.97 Å². The molecule has 29 heavy (non-hydrogen) atoms. The fraction of sp³-hybridized carbons (Fsp3) is 0.519. The third-order valence-corrected chi connectivity index (χ3v) is 2.84. The molecule has 2 aromatic rings. The Morgan fingerprint density at radius 1 is 0.897 bits per heavy atom. The van der Waals surface area contributed by atoms with Gasteiger partial charge in [-0.15, -0.1) is 0 Å². The SMILES string of the molecule is [2H]c1c([2H])c(C([2H])(C(=O)OC)C([2H])([2H])[2H])c([2H])c([2H])c1C([2H])([2H])C([2H])(C([2H])([2H])[2H])C([2H])([2H])[2H].[2H]c1c([2H])c(C([2H])([2H])C([2H])(C([2H])([2H])[2H])C([2H])([2H])[2H])c([2H])c([2H])c1C(C)C([2H])([2H])[2H]. The molecule has 160 valence electrons. The summed E-state index contributed by atoms with van der Waals surface area (Å²) in [6, 6.07) is -9.87. The van der Waals surface area contributed by atoms with Gasteiger partial charge in [-0.05, 0) is 59.6 Å². The molecular formula is C27H40O2. The smallest absolute Gasteiger partial charge is 0.312 e. The Labute approximate surface area is 225 Å². The van der Waals surface area contributed by atoms with Gasteiger partial charge in [-0.2, -0.15) is 0 Å². The van der Waals surface area contributed by atoms with Gasteiger partial charge in [0.05, 0.1) is 24.0 Å². The lowest BCUT2D eigenvalue weighted by atomic mass is 9.97. The normalized spacial score (nSPS) is 34.9. The highest BCUT2D eigenvalue weighted by molar-refractivity contribution is 5.77. The summed E-state index contributed by atoms with van der Waals surface area (Å²) in [6.07, 6.45) is -7.55. The van der Waals surface area contributed by atoms with Gasteiger partial charge < -0.3 is 4.74 Å². The maximum atomic E-state index is 12.2. The molecule has 2 atom stereocenters. The molecule has 0 saturated heterocycles. The van der Waals surface area contributed by atoms with Crippen LogP contribution in [0.15, 0.2) is 48.3 Å². The first-order valence-corrected chi connectivity index (χ1v) is 7.72. The topological polar surface area (TPSA) is 26.3 Å². The monoisotopic (exact) mass is 430 g/mol. The van der Waals surface area contributed by atoms with Crippen LogP contribution < -0.4 is 0 Å². The van der Waals surface area contributed by atoms with Crippen LogP contribution in [0.1, 0.15) is 127 Å². The summed E-state index contributed by atoms with van der Waals surface area (Å²) in [4.78, 5) is 12.2. The van der Waals surface area contributed by atoms with E-state index in [1.807, 2.05) is 0 Å². The fourth-order valence-corrected chi connectivity index (χ4v) is 1.56. The maximum Gasteiger partial charge on any atom is 0.312 e. The van der Waals surface area contributed by atoms with Crippen LogP contribution in [0, 0.1) is 11.8 Å². The lowest BCUT2D eigenvalue weighted by Gasteiger charge is -2.11. The summed E-state index contributed by atoms with van der Waals surface area (Å²) in [5, 5.41) is 0. The predicted molar refractivity (Wildman–Crippen MR) is 124 cm³/mol. The van der Waals surface area contributed by atoms with Crippen LogP contribution in [0.5, 0.6) is 0 Å². The Balaban J connectivity index is 0.000000625. The Bertz CT molecular complexity index is 1920. The summed E-state index contributed by atoms with van der Waals surface area (Å²) in [7, 11) is 0.710. The molecule has 0 amide bonds.